The molecule has 0 saturated carbocycles. The average molecular weight is 393 g/mol. The van der Waals surface area contributed by atoms with Gasteiger partial charge in [-0.1, -0.05) is 53.5 Å². The highest BCUT2D eigenvalue weighted by Gasteiger charge is 2.28. The van der Waals surface area contributed by atoms with Gasteiger partial charge in [-0.3, -0.25) is 0 Å². The molecule has 0 spiro atoms. The van der Waals surface area contributed by atoms with Crippen LogP contribution in [0, 0.1) is 0 Å². The molecule has 126 valence electrons. The van der Waals surface area contributed by atoms with Crippen molar-refractivity contribution in [2.45, 2.75) is 11.4 Å². The van der Waals surface area contributed by atoms with Crippen LogP contribution >= 0.6 is 34.5 Å². The lowest BCUT2D eigenvalue weighted by molar-refractivity contribution is 0.329. The average Bonchev–Trinajstić information content (AvgIpc) is 2.83. The summed E-state index contributed by atoms with van der Waals surface area (Å²) in [4.78, 5) is 2.01. The first-order chi connectivity index (χ1) is 10.8. The molecule has 1 aromatic carbocycles. The van der Waals surface area contributed by atoms with Gasteiger partial charge in [0.1, 0.15) is 9.23 Å². The number of hydrogen-bond donors (Lipinski definition) is 0. The van der Waals surface area contributed by atoms with E-state index in [0.29, 0.717) is 24.0 Å². The molecule has 1 heterocycles. The molecule has 0 N–H and O–H groups in total. The number of sulfonamides is 1. The lowest BCUT2D eigenvalue weighted by atomic mass is 10.2. The van der Waals surface area contributed by atoms with Crippen molar-refractivity contribution in [3.63, 3.8) is 0 Å². The van der Waals surface area contributed by atoms with E-state index in [9.17, 15) is 8.42 Å². The maximum atomic E-state index is 13.0. The van der Waals surface area contributed by atoms with E-state index in [1.165, 1.54) is 10.4 Å². The van der Waals surface area contributed by atoms with Crippen molar-refractivity contribution >= 4 is 44.6 Å². The molecule has 4 nitrogen and oxygen atoms in total. The van der Waals surface area contributed by atoms with Crippen LogP contribution in [0.4, 0.5) is 0 Å². The second-order valence-electron chi connectivity index (χ2n) is 5.32. The van der Waals surface area contributed by atoms with E-state index in [4.69, 9.17) is 23.2 Å². The number of likely N-dealkylation sites (N-methyl/N-ethyl adjacent to an activating group) is 1. The van der Waals surface area contributed by atoms with Gasteiger partial charge in [0.25, 0.3) is 0 Å². The highest BCUT2D eigenvalue weighted by molar-refractivity contribution is 7.89. The van der Waals surface area contributed by atoms with E-state index in [2.05, 4.69) is 0 Å². The first-order valence-corrected chi connectivity index (χ1v) is 9.95. The quantitative estimate of drug-likeness (QED) is 0.718. The van der Waals surface area contributed by atoms with Gasteiger partial charge in [-0.15, -0.1) is 11.3 Å². The van der Waals surface area contributed by atoms with Crippen molar-refractivity contribution in [3.8, 4) is 0 Å². The number of thiophene rings is 1. The zero-order valence-corrected chi connectivity index (χ0v) is 16.0. The van der Waals surface area contributed by atoms with Crippen LogP contribution in [0.1, 0.15) is 5.56 Å². The summed E-state index contributed by atoms with van der Waals surface area (Å²) in [5, 5.41) is 0. The van der Waals surface area contributed by atoms with E-state index < -0.39 is 10.0 Å². The fourth-order valence-corrected chi connectivity index (χ4v) is 5.55. The Morgan fingerprint density at radius 1 is 1.09 bits per heavy atom. The number of halogens is 2. The molecule has 0 atom stereocenters. The fraction of sp³-hybridized carbons (Fsp3) is 0.333. The molecule has 8 heteroatoms. The molecule has 0 aliphatic rings. The summed E-state index contributed by atoms with van der Waals surface area (Å²) < 4.78 is 27.9. The summed E-state index contributed by atoms with van der Waals surface area (Å²) in [6, 6.07) is 10.9. The van der Waals surface area contributed by atoms with Gasteiger partial charge in [-0.25, -0.2) is 8.42 Å². The van der Waals surface area contributed by atoms with E-state index in [1.54, 1.807) is 0 Å². The summed E-state index contributed by atoms with van der Waals surface area (Å²) in [7, 11) is 0.105. The predicted octanol–water partition coefficient (Wildman–Crippen LogP) is 3.81. The number of benzene rings is 1. The smallest absolute Gasteiger partial charge is 0.245 e. The Balaban J connectivity index is 2.33. The third kappa shape index (κ3) is 4.92. The van der Waals surface area contributed by atoms with Gasteiger partial charge < -0.3 is 4.90 Å². The number of hydrogen-bond acceptors (Lipinski definition) is 4. The van der Waals surface area contributed by atoms with Gasteiger partial charge in [0.15, 0.2) is 0 Å². The minimum Gasteiger partial charge on any atom is -0.308 e. The van der Waals surface area contributed by atoms with Gasteiger partial charge in [-0.2, -0.15) is 4.31 Å². The molecule has 2 rings (SSSR count). The molecule has 23 heavy (non-hydrogen) atoms. The van der Waals surface area contributed by atoms with Crippen molar-refractivity contribution in [1.29, 1.82) is 0 Å². The molecule has 0 saturated heterocycles. The molecule has 0 bridgehead atoms. The Morgan fingerprint density at radius 3 is 2.26 bits per heavy atom. The highest BCUT2D eigenvalue weighted by Crippen LogP contribution is 2.36. The molecular weight excluding hydrogens is 375 g/mol. The van der Waals surface area contributed by atoms with Crippen LogP contribution in [0.25, 0.3) is 0 Å². The van der Waals surface area contributed by atoms with Gasteiger partial charge in [0.05, 0.1) is 4.34 Å². The normalized spacial score (nSPS) is 12.3. The van der Waals surface area contributed by atoms with Crippen LogP contribution < -0.4 is 0 Å². The van der Waals surface area contributed by atoms with E-state index in [1.807, 2.05) is 49.3 Å². The summed E-state index contributed by atoms with van der Waals surface area (Å²) in [5.41, 5.74) is 0.923. The van der Waals surface area contributed by atoms with Gasteiger partial charge >= 0.3 is 0 Å². The van der Waals surface area contributed by atoms with Crippen LogP contribution in [0.15, 0.2) is 41.3 Å². The van der Waals surface area contributed by atoms with Crippen LogP contribution in [0.5, 0.6) is 0 Å². The third-order valence-corrected chi connectivity index (χ3v) is 6.84. The number of nitrogens with zero attached hydrogens (tertiary/aromatic N) is 2. The second kappa shape index (κ2) is 7.96. The monoisotopic (exact) mass is 392 g/mol. The van der Waals surface area contributed by atoms with E-state index in [-0.39, 0.29) is 9.23 Å². The molecule has 0 aliphatic carbocycles. The summed E-state index contributed by atoms with van der Waals surface area (Å²) in [6.45, 7) is 1.27. The molecule has 0 radical (unpaired) electrons. The molecule has 0 unspecified atom stereocenters. The SMILES string of the molecule is CN(C)CCN(Cc1ccccc1)S(=O)(=O)c1cc(Cl)sc1Cl. The first kappa shape index (κ1) is 18.7. The Kier molecular flexibility index (Phi) is 6.48. The number of rotatable bonds is 7. The molecule has 0 fully saturated rings. The minimum atomic E-state index is -3.70. The Morgan fingerprint density at radius 2 is 1.74 bits per heavy atom. The molecule has 1 aromatic heterocycles. The van der Waals surface area contributed by atoms with Gasteiger partial charge in [0.2, 0.25) is 10.0 Å². The van der Waals surface area contributed by atoms with Gasteiger partial charge in [0, 0.05) is 19.6 Å². The zero-order valence-electron chi connectivity index (χ0n) is 12.9. The molecule has 0 amide bonds. The molecular formula is C15H18Cl2N2O2S2. The zero-order chi connectivity index (χ0) is 17.0. The summed E-state index contributed by atoms with van der Waals surface area (Å²) in [5.74, 6) is 0. The summed E-state index contributed by atoms with van der Waals surface area (Å²) >= 11 is 13.0. The van der Waals surface area contributed by atoms with Crippen molar-refractivity contribution in [2.24, 2.45) is 0 Å². The maximum absolute atomic E-state index is 13.0. The van der Waals surface area contributed by atoms with Crippen molar-refractivity contribution in [2.75, 3.05) is 27.2 Å². The van der Waals surface area contributed by atoms with Crippen molar-refractivity contribution < 1.29 is 8.42 Å². The van der Waals surface area contributed by atoms with Crippen LogP contribution in [-0.4, -0.2) is 44.8 Å². The van der Waals surface area contributed by atoms with Crippen LogP contribution in [0.3, 0.4) is 0 Å². The maximum Gasteiger partial charge on any atom is 0.245 e. The minimum absolute atomic E-state index is 0.0730. The highest BCUT2D eigenvalue weighted by atomic mass is 35.5. The standard InChI is InChI=1S/C15H18Cl2N2O2S2/c1-18(2)8-9-19(11-12-6-4-3-5-7-12)23(20,21)13-10-14(16)22-15(13)17/h3-7,10H,8-9,11H2,1-2H3. The van der Waals surface area contributed by atoms with Crippen LogP contribution in [-0.2, 0) is 16.6 Å². The van der Waals surface area contributed by atoms with Crippen molar-refractivity contribution in [3.05, 3.63) is 50.6 Å². The second-order valence-corrected chi connectivity index (χ2v) is 9.51. The fourth-order valence-electron chi connectivity index (χ4n) is 2.02. The molecule has 0 aliphatic heterocycles. The van der Waals surface area contributed by atoms with Crippen molar-refractivity contribution in [1.82, 2.24) is 9.21 Å². The van der Waals surface area contributed by atoms with Gasteiger partial charge in [-0.05, 0) is 25.7 Å². The Hall–Kier alpha value is -0.630. The Bertz CT molecular complexity index is 746. The largest absolute Gasteiger partial charge is 0.308 e. The van der Waals surface area contributed by atoms with E-state index >= 15 is 0 Å². The predicted molar refractivity (Wildman–Crippen MR) is 96.9 cm³/mol. The Labute approximate surface area is 151 Å². The van der Waals surface area contributed by atoms with Crippen LogP contribution in [0.2, 0.25) is 8.67 Å². The summed E-state index contributed by atoms with van der Waals surface area (Å²) in [6.07, 6.45) is 0. The lowest BCUT2D eigenvalue weighted by Gasteiger charge is -2.23. The lowest BCUT2D eigenvalue weighted by Crippen LogP contribution is -2.36. The van der Waals surface area contributed by atoms with E-state index in [0.717, 1.165) is 16.9 Å². The third-order valence-electron chi connectivity index (χ3n) is 3.24. The topological polar surface area (TPSA) is 40.6 Å². The first-order valence-electron chi connectivity index (χ1n) is 6.94. The molecule has 2 aromatic rings.